The van der Waals surface area contributed by atoms with E-state index in [1.807, 2.05) is 12.1 Å². The highest BCUT2D eigenvalue weighted by molar-refractivity contribution is 6.05. The molecule has 2 aromatic carbocycles. The Morgan fingerprint density at radius 1 is 1.06 bits per heavy atom. The summed E-state index contributed by atoms with van der Waals surface area (Å²) in [6.07, 6.45) is 2.09. The van der Waals surface area contributed by atoms with Crippen LogP contribution in [0.1, 0.15) is 29.6 Å². The number of nitrogens with zero attached hydrogens (tertiary/aromatic N) is 2. The lowest BCUT2D eigenvalue weighted by Gasteiger charge is -2.25. The molecule has 1 unspecified atom stereocenters. The number of likely N-dealkylation sites (tertiary alicyclic amines) is 1. The Kier molecular flexibility index (Phi) is 7.83. The summed E-state index contributed by atoms with van der Waals surface area (Å²) in [4.78, 5) is 40.8. The lowest BCUT2D eigenvalue weighted by molar-refractivity contribution is -0.133. The molecular formula is C24H30N4O4. The number of anilines is 2. The Morgan fingerprint density at radius 3 is 2.47 bits per heavy atom. The molecule has 0 bridgehead atoms. The second-order valence-corrected chi connectivity index (χ2v) is 7.96. The van der Waals surface area contributed by atoms with Gasteiger partial charge in [0.15, 0.2) is 0 Å². The van der Waals surface area contributed by atoms with Crippen LogP contribution in [0.25, 0.3) is 0 Å². The molecule has 0 aliphatic carbocycles. The Morgan fingerprint density at radius 2 is 1.78 bits per heavy atom. The summed E-state index contributed by atoms with van der Waals surface area (Å²) >= 11 is 0. The number of likely N-dealkylation sites (N-methyl/N-ethyl adjacent to an activating group) is 1. The fraction of sp³-hybridized carbons (Fsp3) is 0.375. The normalized spacial score (nSPS) is 15.8. The first kappa shape index (κ1) is 23.3. The maximum atomic E-state index is 12.5. The summed E-state index contributed by atoms with van der Waals surface area (Å²) in [7, 11) is 5.06. The average molecular weight is 439 g/mol. The second-order valence-electron chi connectivity index (χ2n) is 7.96. The van der Waals surface area contributed by atoms with E-state index < -0.39 is 0 Å². The van der Waals surface area contributed by atoms with Crippen molar-refractivity contribution >= 4 is 29.1 Å². The van der Waals surface area contributed by atoms with Gasteiger partial charge in [-0.2, -0.15) is 0 Å². The van der Waals surface area contributed by atoms with E-state index in [9.17, 15) is 14.4 Å². The first-order chi connectivity index (χ1) is 15.4. The van der Waals surface area contributed by atoms with Gasteiger partial charge in [-0.3, -0.25) is 19.3 Å². The molecule has 3 amide bonds. The van der Waals surface area contributed by atoms with Crippen molar-refractivity contribution in [2.24, 2.45) is 0 Å². The van der Waals surface area contributed by atoms with Crippen molar-refractivity contribution < 1.29 is 19.1 Å². The molecule has 1 aliphatic rings. The van der Waals surface area contributed by atoms with E-state index >= 15 is 0 Å². The van der Waals surface area contributed by atoms with Crippen molar-refractivity contribution in [3.8, 4) is 5.75 Å². The zero-order valence-electron chi connectivity index (χ0n) is 18.8. The van der Waals surface area contributed by atoms with Crippen molar-refractivity contribution in [1.29, 1.82) is 0 Å². The monoisotopic (exact) mass is 438 g/mol. The molecule has 1 saturated heterocycles. The molecule has 32 heavy (non-hydrogen) atoms. The van der Waals surface area contributed by atoms with Crippen LogP contribution in [0.15, 0.2) is 48.5 Å². The summed E-state index contributed by atoms with van der Waals surface area (Å²) in [5.41, 5.74) is 1.67. The van der Waals surface area contributed by atoms with Gasteiger partial charge in [-0.05, 0) is 55.8 Å². The molecule has 8 heteroatoms. The molecule has 1 atom stereocenters. The standard InChI is InChI=1S/C24H30N4O4/c1-27(2)24(31)20-8-6-15-28(20)16-14-22(29)25-18-12-10-17(11-13-18)23(30)26-19-7-4-5-9-21(19)32-3/h4-5,7,9-13,20H,6,8,14-16H2,1-3H3,(H,25,29)(H,26,30). The van der Waals surface area contributed by atoms with Crippen LogP contribution in [0, 0.1) is 0 Å². The maximum absolute atomic E-state index is 12.5. The molecule has 0 aromatic heterocycles. The van der Waals surface area contributed by atoms with Crippen molar-refractivity contribution in [2.45, 2.75) is 25.3 Å². The largest absolute Gasteiger partial charge is 0.495 e. The second kappa shape index (κ2) is 10.8. The Hall–Kier alpha value is -3.39. The molecule has 2 aromatic rings. The summed E-state index contributed by atoms with van der Waals surface area (Å²) in [6, 6.07) is 13.8. The van der Waals surface area contributed by atoms with Crippen LogP contribution >= 0.6 is 0 Å². The van der Waals surface area contributed by atoms with Gasteiger partial charge >= 0.3 is 0 Å². The van der Waals surface area contributed by atoms with Crippen LogP contribution in [-0.4, -0.2) is 67.9 Å². The highest BCUT2D eigenvalue weighted by Gasteiger charge is 2.31. The number of benzene rings is 2. The Labute approximate surface area is 188 Å². The Balaban J connectivity index is 1.51. The van der Waals surface area contributed by atoms with Crippen molar-refractivity contribution in [2.75, 3.05) is 44.9 Å². The lowest BCUT2D eigenvalue weighted by atomic mass is 10.1. The predicted molar refractivity (Wildman–Crippen MR) is 124 cm³/mol. The Bertz CT molecular complexity index is 959. The maximum Gasteiger partial charge on any atom is 0.255 e. The van der Waals surface area contributed by atoms with Gasteiger partial charge < -0.3 is 20.3 Å². The van der Waals surface area contributed by atoms with E-state index in [0.717, 1.165) is 19.4 Å². The molecule has 1 heterocycles. The first-order valence-electron chi connectivity index (χ1n) is 10.7. The third-order valence-electron chi connectivity index (χ3n) is 5.50. The molecular weight excluding hydrogens is 408 g/mol. The fourth-order valence-electron chi connectivity index (χ4n) is 3.79. The number of hydrogen-bond acceptors (Lipinski definition) is 5. The van der Waals surface area contributed by atoms with Gasteiger partial charge in [0.05, 0.1) is 18.8 Å². The van der Waals surface area contributed by atoms with Gasteiger partial charge in [-0.1, -0.05) is 12.1 Å². The smallest absolute Gasteiger partial charge is 0.255 e. The van der Waals surface area contributed by atoms with Gasteiger partial charge in [-0.25, -0.2) is 0 Å². The van der Waals surface area contributed by atoms with E-state index in [-0.39, 0.29) is 23.8 Å². The minimum absolute atomic E-state index is 0.0879. The molecule has 0 spiro atoms. The number of para-hydroxylation sites is 2. The number of carbonyl (C=O) groups is 3. The lowest BCUT2D eigenvalue weighted by Crippen LogP contribution is -2.43. The van der Waals surface area contributed by atoms with Gasteiger partial charge in [0.2, 0.25) is 11.8 Å². The molecule has 8 nitrogen and oxygen atoms in total. The summed E-state index contributed by atoms with van der Waals surface area (Å²) in [5, 5.41) is 5.68. The minimum atomic E-state index is -0.266. The van der Waals surface area contributed by atoms with Crippen molar-refractivity contribution in [1.82, 2.24) is 9.80 Å². The number of hydrogen-bond donors (Lipinski definition) is 2. The molecule has 170 valence electrons. The molecule has 3 rings (SSSR count). The van der Waals surface area contributed by atoms with E-state index in [0.29, 0.717) is 35.7 Å². The third kappa shape index (κ3) is 5.85. The van der Waals surface area contributed by atoms with Crippen LogP contribution in [0.3, 0.4) is 0 Å². The van der Waals surface area contributed by atoms with Crippen molar-refractivity contribution in [3.05, 3.63) is 54.1 Å². The molecule has 2 N–H and O–H groups in total. The number of methoxy groups -OCH3 is 1. The van der Waals surface area contributed by atoms with Gasteiger partial charge in [0.25, 0.3) is 5.91 Å². The number of amides is 3. The summed E-state index contributed by atoms with van der Waals surface area (Å²) in [6.45, 7) is 1.36. The fourth-order valence-corrected chi connectivity index (χ4v) is 3.79. The van der Waals surface area contributed by atoms with Gasteiger partial charge in [0, 0.05) is 38.3 Å². The minimum Gasteiger partial charge on any atom is -0.495 e. The van der Waals surface area contributed by atoms with E-state index in [1.54, 1.807) is 62.5 Å². The zero-order valence-corrected chi connectivity index (χ0v) is 18.8. The molecule has 0 saturated carbocycles. The highest BCUT2D eigenvalue weighted by atomic mass is 16.5. The number of carbonyl (C=O) groups excluding carboxylic acids is 3. The number of ether oxygens (including phenoxy) is 1. The SMILES string of the molecule is COc1ccccc1NC(=O)c1ccc(NC(=O)CCN2CCCC2C(=O)N(C)C)cc1. The molecule has 1 aliphatic heterocycles. The number of rotatable bonds is 8. The zero-order chi connectivity index (χ0) is 23.1. The van der Waals surface area contributed by atoms with Crippen LogP contribution in [0.5, 0.6) is 5.75 Å². The molecule has 0 radical (unpaired) electrons. The van der Waals surface area contributed by atoms with E-state index in [1.165, 1.54) is 0 Å². The van der Waals surface area contributed by atoms with E-state index in [2.05, 4.69) is 15.5 Å². The van der Waals surface area contributed by atoms with Gasteiger partial charge in [0.1, 0.15) is 5.75 Å². The number of nitrogens with one attached hydrogen (secondary N) is 2. The van der Waals surface area contributed by atoms with Crippen molar-refractivity contribution in [3.63, 3.8) is 0 Å². The summed E-state index contributed by atoms with van der Waals surface area (Å²) in [5.74, 6) is 0.277. The molecule has 1 fully saturated rings. The summed E-state index contributed by atoms with van der Waals surface area (Å²) < 4.78 is 5.25. The van der Waals surface area contributed by atoms with Crippen LogP contribution in [-0.2, 0) is 9.59 Å². The average Bonchev–Trinajstić information content (AvgIpc) is 3.26. The highest BCUT2D eigenvalue weighted by Crippen LogP contribution is 2.24. The van der Waals surface area contributed by atoms with E-state index in [4.69, 9.17) is 4.74 Å². The topological polar surface area (TPSA) is 91.0 Å². The quantitative estimate of drug-likeness (QED) is 0.661. The van der Waals surface area contributed by atoms with Crippen LogP contribution in [0.2, 0.25) is 0 Å². The first-order valence-corrected chi connectivity index (χ1v) is 10.7. The van der Waals surface area contributed by atoms with Crippen LogP contribution in [0.4, 0.5) is 11.4 Å². The van der Waals surface area contributed by atoms with Gasteiger partial charge in [-0.15, -0.1) is 0 Å². The third-order valence-corrected chi connectivity index (χ3v) is 5.50. The van der Waals surface area contributed by atoms with Crippen LogP contribution < -0.4 is 15.4 Å². The predicted octanol–water partition coefficient (Wildman–Crippen LogP) is 2.83.